The summed E-state index contributed by atoms with van der Waals surface area (Å²) in [6, 6.07) is 11.8. The SMILES string of the molecule is N#C/C(=C\c1cc(Br)ccc1OCC(N)=O)C(=O)Nc1ccc(F)cc1. The third-order valence-corrected chi connectivity index (χ3v) is 3.60. The van der Waals surface area contributed by atoms with Crippen molar-refractivity contribution in [3.8, 4) is 11.8 Å². The van der Waals surface area contributed by atoms with Gasteiger partial charge in [0.05, 0.1) is 0 Å². The molecule has 132 valence electrons. The van der Waals surface area contributed by atoms with Crippen LogP contribution >= 0.6 is 15.9 Å². The van der Waals surface area contributed by atoms with Crippen molar-refractivity contribution in [1.29, 1.82) is 5.26 Å². The van der Waals surface area contributed by atoms with Crippen LogP contribution in [0.4, 0.5) is 10.1 Å². The minimum absolute atomic E-state index is 0.198. The second kappa shape index (κ2) is 8.78. The minimum Gasteiger partial charge on any atom is -0.483 e. The lowest BCUT2D eigenvalue weighted by Gasteiger charge is -2.09. The Labute approximate surface area is 157 Å². The first-order chi connectivity index (χ1) is 12.4. The number of rotatable bonds is 6. The van der Waals surface area contributed by atoms with Crippen LogP contribution in [0.2, 0.25) is 0 Å². The maximum absolute atomic E-state index is 12.9. The van der Waals surface area contributed by atoms with Crippen LogP contribution in [-0.2, 0) is 9.59 Å². The zero-order valence-electron chi connectivity index (χ0n) is 13.3. The second-order valence-corrected chi connectivity index (χ2v) is 5.98. The molecule has 0 spiro atoms. The van der Waals surface area contributed by atoms with E-state index in [9.17, 15) is 19.2 Å². The normalized spacial score (nSPS) is 10.7. The number of benzene rings is 2. The van der Waals surface area contributed by atoms with Crippen LogP contribution in [0.15, 0.2) is 52.5 Å². The first-order valence-electron chi connectivity index (χ1n) is 7.28. The summed E-state index contributed by atoms with van der Waals surface area (Å²) in [5, 5.41) is 11.8. The van der Waals surface area contributed by atoms with Crippen molar-refractivity contribution in [2.45, 2.75) is 0 Å². The van der Waals surface area contributed by atoms with Gasteiger partial charge in [-0.1, -0.05) is 15.9 Å². The number of hydrogen-bond acceptors (Lipinski definition) is 4. The Kier molecular flexibility index (Phi) is 6.47. The summed E-state index contributed by atoms with van der Waals surface area (Å²) >= 11 is 3.29. The molecule has 0 aliphatic carbocycles. The first kappa shape index (κ1) is 19.1. The third kappa shape index (κ3) is 5.43. The summed E-state index contributed by atoms with van der Waals surface area (Å²) in [6.45, 7) is -0.341. The molecule has 2 rings (SSSR count). The highest BCUT2D eigenvalue weighted by Crippen LogP contribution is 2.26. The van der Waals surface area contributed by atoms with E-state index >= 15 is 0 Å². The Bertz CT molecular complexity index is 905. The fourth-order valence-electron chi connectivity index (χ4n) is 1.95. The van der Waals surface area contributed by atoms with E-state index in [1.54, 1.807) is 24.3 Å². The van der Waals surface area contributed by atoms with Gasteiger partial charge in [-0.3, -0.25) is 9.59 Å². The van der Waals surface area contributed by atoms with Crippen molar-refractivity contribution >= 4 is 39.5 Å². The molecule has 26 heavy (non-hydrogen) atoms. The van der Waals surface area contributed by atoms with Crippen molar-refractivity contribution in [3.63, 3.8) is 0 Å². The number of hydrogen-bond donors (Lipinski definition) is 2. The van der Waals surface area contributed by atoms with E-state index in [1.165, 1.54) is 30.3 Å². The molecular formula is C18H13BrFN3O3. The number of halogens is 2. The smallest absolute Gasteiger partial charge is 0.266 e. The van der Waals surface area contributed by atoms with Crippen LogP contribution in [0.5, 0.6) is 5.75 Å². The van der Waals surface area contributed by atoms with Gasteiger partial charge in [-0.2, -0.15) is 5.26 Å². The summed E-state index contributed by atoms with van der Waals surface area (Å²) in [4.78, 5) is 23.2. The Morgan fingerprint density at radius 3 is 2.58 bits per heavy atom. The first-order valence-corrected chi connectivity index (χ1v) is 8.07. The molecular weight excluding hydrogens is 405 g/mol. The molecule has 0 aliphatic heterocycles. The number of anilines is 1. The van der Waals surface area contributed by atoms with Gasteiger partial charge in [-0.05, 0) is 48.5 Å². The number of amides is 2. The number of nitrogens with zero attached hydrogens (tertiary/aromatic N) is 1. The van der Waals surface area contributed by atoms with Crippen molar-refractivity contribution in [3.05, 3.63) is 63.9 Å². The highest BCUT2D eigenvalue weighted by Gasteiger charge is 2.12. The number of carbonyl (C=O) groups is 2. The Morgan fingerprint density at radius 2 is 1.96 bits per heavy atom. The van der Waals surface area contributed by atoms with Crippen molar-refractivity contribution < 1.29 is 18.7 Å². The molecule has 0 aromatic heterocycles. The van der Waals surface area contributed by atoms with Gasteiger partial charge in [0.15, 0.2) is 6.61 Å². The van der Waals surface area contributed by atoms with Crippen molar-refractivity contribution in [1.82, 2.24) is 0 Å². The largest absolute Gasteiger partial charge is 0.483 e. The Hall–Kier alpha value is -3.18. The predicted molar refractivity (Wildman–Crippen MR) is 97.5 cm³/mol. The van der Waals surface area contributed by atoms with Gasteiger partial charge in [-0.25, -0.2) is 4.39 Å². The number of primary amides is 1. The zero-order chi connectivity index (χ0) is 19.1. The second-order valence-electron chi connectivity index (χ2n) is 5.07. The van der Waals surface area contributed by atoms with Gasteiger partial charge >= 0.3 is 0 Å². The highest BCUT2D eigenvalue weighted by molar-refractivity contribution is 9.10. The molecule has 0 atom stereocenters. The third-order valence-electron chi connectivity index (χ3n) is 3.11. The summed E-state index contributed by atoms with van der Waals surface area (Å²) in [7, 11) is 0. The van der Waals surface area contributed by atoms with Crippen LogP contribution in [0, 0.1) is 17.1 Å². The minimum atomic E-state index is -0.667. The summed E-state index contributed by atoms with van der Waals surface area (Å²) < 4.78 is 18.9. The quantitative estimate of drug-likeness (QED) is 0.556. The molecule has 0 fully saturated rings. The molecule has 2 amide bonds. The van der Waals surface area contributed by atoms with Gasteiger partial charge < -0.3 is 15.8 Å². The number of nitriles is 1. The molecule has 0 bridgehead atoms. The monoisotopic (exact) mass is 417 g/mol. The van der Waals surface area contributed by atoms with E-state index in [0.717, 1.165) is 0 Å². The van der Waals surface area contributed by atoms with Crippen LogP contribution in [0.1, 0.15) is 5.56 Å². The average molecular weight is 418 g/mol. The lowest BCUT2D eigenvalue weighted by molar-refractivity contribution is -0.120. The van der Waals surface area contributed by atoms with E-state index in [1.807, 2.05) is 0 Å². The van der Waals surface area contributed by atoms with E-state index in [2.05, 4.69) is 21.2 Å². The molecule has 0 heterocycles. The average Bonchev–Trinajstić information content (AvgIpc) is 2.60. The van der Waals surface area contributed by atoms with Crippen LogP contribution in [0.3, 0.4) is 0 Å². The van der Waals surface area contributed by atoms with E-state index < -0.39 is 17.6 Å². The van der Waals surface area contributed by atoms with E-state index in [4.69, 9.17) is 10.5 Å². The molecule has 8 heteroatoms. The van der Waals surface area contributed by atoms with Crippen molar-refractivity contribution in [2.75, 3.05) is 11.9 Å². The van der Waals surface area contributed by atoms with Crippen LogP contribution in [-0.4, -0.2) is 18.4 Å². The van der Waals surface area contributed by atoms with Gasteiger partial charge in [0.25, 0.3) is 11.8 Å². The maximum Gasteiger partial charge on any atom is 0.266 e. The Morgan fingerprint density at radius 1 is 1.27 bits per heavy atom. The number of nitrogens with one attached hydrogen (secondary N) is 1. The van der Waals surface area contributed by atoms with E-state index in [-0.39, 0.29) is 17.9 Å². The molecule has 0 saturated carbocycles. The molecule has 0 aliphatic rings. The summed E-state index contributed by atoms with van der Waals surface area (Å²) in [5.74, 6) is -1.48. The Balaban J connectivity index is 2.28. The zero-order valence-corrected chi connectivity index (χ0v) is 14.9. The molecule has 2 aromatic carbocycles. The highest BCUT2D eigenvalue weighted by atomic mass is 79.9. The maximum atomic E-state index is 12.9. The van der Waals surface area contributed by atoms with Crippen molar-refractivity contribution in [2.24, 2.45) is 5.73 Å². The predicted octanol–water partition coefficient (Wildman–Crippen LogP) is 3.00. The fourth-order valence-corrected chi connectivity index (χ4v) is 2.33. The number of nitrogens with two attached hydrogens (primary N) is 1. The molecule has 0 saturated heterocycles. The summed E-state index contributed by atoms with van der Waals surface area (Å²) in [6.07, 6.45) is 1.32. The number of ether oxygens (including phenoxy) is 1. The van der Waals surface area contributed by atoms with Gasteiger partial charge in [0.2, 0.25) is 0 Å². The van der Waals surface area contributed by atoms with Gasteiger partial charge in [0, 0.05) is 15.7 Å². The van der Waals surface area contributed by atoms with Gasteiger partial charge in [0.1, 0.15) is 23.2 Å². The van der Waals surface area contributed by atoms with E-state index in [0.29, 0.717) is 15.7 Å². The number of carbonyl (C=O) groups excluding carboxylic acids is 2. The standard InChI is InChI=1S/C18H13BrFN3O3/c19-13-1-6-16(26-10-17(22)24)11(8-13)7-12(9-21)18(25)23-15-4-2-14(20)3-5-15/h1-8H,10H2,(H2,22,24)(H,23,25)/b12-7+. The summed E-state index contributed by atoms with van der Waals surface area (Å²) in [5.41, 5.74) is 5.62. The van der Waals surface area contributed by atoms with Gasteiger partial charge in [-0.15, -0.1) is 0 Å². The van der Waals surface area contributed by atoms with Crippen LogP contribution in [0.25, 0.3) is 6.08 Å². The lowest BCUT2D eigenvalue weighted by atomic mass is 10.1. The molecule has 0 unspecified atom stereocenters. The molecule has 2 aromatic rings. The topological polar surface area (TPSA) is 105 Å². The van der Waals surface area contributed by atoms with Crippen LogP contribution < -0.4 is 15.8 Å². The molecule has 0 radical (unpaired) electrons. The lowest BCUT2D eigenvalue weighted by Crippen LogP contribution is -2.20. The molecule has 3 N–H and O–H groups in total. The molecule has 6 nitrogen and oxygen atoms in total. The fraction of sp³-hybridized carbons (Fsp3) is 0.0556.